The minimum Gasteiger partial charge on any atom is -0.469 e. The summed E-state index contributed by atoms with van der Waals surface area (Å²) in [4.78, 5) is 50.9. The molecule has 0 aliphatic carbocycles. The summed E-state index contributed by atoms with van der Waals surface area (Å²) in [6, 6.07) is 0. The Morgan fingerprint density at radius 3 is 2.58 bits per heavy atom. The van der Waals surface area contributed by atoms with Crippen molar-refractivity contribution >= 4 is 23.0 Å². The Hall–Kier alpha value is -2.91. The first-order valence-electron chi connectivity index (χ1n) is 7.31. The van der Waals surface area contributed by atoms with Gasteiger partial charge in [-0.1, -0.05) is 0 Å². The fraction of sp³-hybridized carbons (Fsp3) is 0.500. The van der Waals surface area contributed by atoms with E-state index in [0.717, 1.165) is 4.57 Å². The van der Waals surface area contributed by atoms with Crippen LogP contribution in [0.1, 0.15) is 12.8 Å². The Kier molecular flexibility index (Phi) is 5.17. The quantitative estimate of drug-likeness (QED) is 0.641. The molecule has 1 amide bonds. The summed E-state index contributed by atoms with van der Waals surface area (Å²) >= 11 is 0. The molecule has 10 heteroatoms. The van der Waals surface area contributed by atoms with Gasteiger partial charge in [0.2, 0.25) is 5.91 Å². The molecule has 2 rings (SSSR count). The first kappa shape index (κ1) is 17.4. The third-order valence-electron chi connectivity index (χ3n) is 3.68. The largest absolute Gasteiger partial charge is 0.469 e. The Labute approximate surface area is 136 Å². The molecule has 24 heavy (non-hydrogen) atoms. The standard InChI is InChI=1S/C14H19N5O5/c1-17-12-11(13(22)18(2)14(17)23)19(8-16-12)7-5-9(20)15-6-4-10(21)24-3/h8H,4-7H2,1-3H3,(H,15,20). The maximum atomic E-state index is 12.2. The van der Waals surface area contributed by atoms with E-state index in [1.807, 2.05) is 0 Å². The van der Waals surface area contributed by atoms with Gasteiger partial charge in [0.25, 0.3) is 5.56 Å². The number of carbonyl (C=O) groups is 2. The molecule has 2 heterocycles. The van der Waals surface area contributed by atoms with E-state index in [1.54, 1.807) is 0 Å². The molecular formula is C14H19N5O5. The molecule has 0 fully saturated rings. The van der Waals surface area contributed by atoms with Crippen LogP contribution in [0.25, 0.3) is 11.2 Å². The van der Waals surface area contributed by atoms with Crippen molar-refractivity contribution < 1.29 is 14.3 Å². The van der Waals surface area contributed by atoms with Crippen LogP contribution >= 0.6 is 0 Å². The van der Waals surface area contributed by atoms with Crippen molar-refractivity contribution in [3.8, 4) is 0 Å². The summed E-state index contributed by atoms with van der Waals surface area (Å²) in [7, 11) is 4.20. The average molecular weight is 337 g/mol. The lowest BCUT2D eigenvalue weighted by Crippen LogP contribution is -2.37. The van der Waals surface area contributed by atoms with Crippen molar-refractivity contribution in [1.82, 2.24) is 24.0 Å². The van der Waals surface area contributed by atoms with E-state index in [4.69, 9.17) is 0 Å². The van der Waals surface area contributed by atoms with Crippen molar-refractivity contribution in [3.05, 3.63) is 27.2 Å². The lowest BCUT2D eigenvalue weighted by atomic mass is 10.3. The van der Waals surface area contributed by atoms with Gasteiger partial charge in [-0.25, -0.2) is 9.78 Å². The number of nitrogens with zero attached hydrogens (tertiary/aromatic N) is 4. The lowest BCUT2D eigenvalue weighted by molar-refractivity contribution is -0.140. The Bertz CT molecular complexity index is 891. The van der Waals surface area contributed by atoms with Crippen LogP contribution in [0.15, 0.2) is 15.9 Å². The molecule has 0 saturated carbocycles. The van der Waals surface area contributed by atoms with Crippen LogP contribution in [0.4, 0.5) is 0 Å². The van der Waals surface area contributed by atoms with Crippen LogP contribution < -0.4 is 16.6 Å². The molecule has 2 aromatic rings. The van der Waals surface area contributed by atoms with Crippen molar-refractivity contribution in [2.75, 3.05) is 13.7 Å². The number of ether oxygens (including phenoxy) is 1. The molecule has 0 radical (unpaired) electrons. The van der Waals surface area contributed by atoms with Crippen molar-refractivity contribution in [2.45, 2.75) is 19.4 Å². The number of amides is 1. The smallest absolute Gasteiger partial charge is 0.332 e. The van der Waals surface area contributed by atoms with E-state index in [9.17, 15) is 19.2 Å². The number of fused-ring (bicyclic) bond motifs is 1. The Morgan fingerprint density at radius 2 is 1.92 bits per heavy atom. The number of aromatic nitrogens is 4. The second kappa shape index (κ2) is 7.11. The highest BCUT2D eigenvalue weighted by molar-refractivity contribution is 5.77. The summed E-state index contributed by atoms with van der Waals surface area (Å²) in [5, 5.41) is 2.59. The van der Waals surface area contributed by atoms with Gasteiger partial charge in [-0.2, -0.15) is 0 Å². The zero-order valence-corrected chi connectivity index (χ0v) is 13.7. The van der Waals surface area contributed by atoms with Gasteiger partial charge in [0.1, 0.15) is 0 Å². The zero-order valence-electron chi connectivity index (χ0n) is 13.7. The molecule has 10 nitrogen and oxygen atoms in total. The maximum Gasteiger partial charge on any atom is 0.332 e. The molecule has 0 aliphatic heterocycles. The van der Waals surface area contributed by atoms with Crippen LogP contribution in [-0.4, -0.2) is 44.2 Å². The third-order valence-corrected chi connectivity index (χ3v) is 3.68. The SMILES string of the molecule is COC(=O)CCNC(=O)CCn1cnc2c1c(=O)n(C)c(=O)n2C. The summed E-state index contributed by atoms with van der Waals surface area (Å²) in [6.07, 6.45) is 1.63. The second-order valence-electron chi connectivity index (χ2n) is 5.24. The van der Waals surface area contributed by atoms with Gasteiger partial charge in [0.05, 0.1) is 19.9 Å². The van der Waals surface area contributed by atoms with Gasteiger partial charge in [-0.3, -0.25) is 23.5 Å². The average Bonchev–Trinajstić information content (AvgIpc) is 3.00. The van der Waals surface area contributed by atoms with E-state index >= 15 is 0 Å². The summed E-state index contributed by atoms with van der Waals surface area (Å²) in [6.45, 7) is 0.417. The topological polar surface area (TPSA) is 117 Å². The fourth-order valence-electron chi connectivity index (χ4n) is 2.28. The highest BCUT2D eigenvalue weighted by Crippen LogP contribution is 2.06. The first-order valence-corrected chi connectivity index (χ1v) is 7.31. The van der Waals surface area contributed by atoms with Crippen molar-refractivity contribution in [2.24, 2.45) is 14.1 Å². The second-order valence-corrected chi connectivity index (χ2v) is 5.24. The van der Waals surface area contributed by atoms with E-state index in [0.29, 0.717) is 0 Å². The van der Waals surface area contributed by atoms with E-state index in [-0.39, 0.29) is 43.0 Å². The van der Waals surface area contributed by atoms with Crippen LogP contribution in [0.5, 0.6) is 0 Å². The molecule has 0 bridgehead atoms. The van der Waals surface area contributed by atoms with Crippen LogP contribution in [0.3, 0.4) is 0 Å². The molecule has 0 aliphatic rings. The van der Waals surface area contributed by atoms with Crippen LogP contribution in [-0.2, 0) is 35.0 Å². The zero-order chi connectivity index (χ0) is 17.9. The van der Waals surface area contributed by atoms with E-state index in [1.165, 1.54) is 36.7 Å². The lowest BCUT2D eigenvalue weighted by Gasteiger charge is -2.07. The number of esters is 1. The number of nitrogens with one attached hydrogen (secondary N) is 1. The van der Waals surface area contributed by atoms with Gasteiger partial charge in [-0.05, 0) is 0 Å². The summed E-state index contributed by atoms with van der Waals surface area (Å²) in [5.41, 5.74) is -0.383. The van der Waals surface area contributed by atoms with Crippen molar-refractivity contribution in [3.63, 3.8) is 0 Å². The van der Waals surface area contributed by atoms with Gasteiger partial charge < -0.3 is 14.6 Å². The number of imidazole rings is 1. The van der Waals surface area contributed by atoms with Crippen LogP contribution in [0, 0.1) is 0 Å². The summed E-state index contributed by atoms with van der Waals surface area (Å²) < 4.78 is 8.29. The molecule has 130 valence electrons. The number of aryl methyl sites for hydroxylation is 2. The van der Waals surface area contributed by atoms with Gasteiger partial charge >= 0.3 is 11.7 Å². The molecular weight excluding hydrogens is 318 g/mol. The Balaban J connectivity index is 2.09. The number of methoxy groups -OCH3 is 1. The highest BCUT2D eigenvalue weighted by Gasteiger charge is 2.14. The first-order chi connectivity index (χ1) is 11.4. The number of hydrogen-bond acceptors (Lipinski definition) is 6. The van der Waals surface area contributed by atoms with Gasteiger partial charge in [-0.15, -0.1) is 0 Å². The monoisotopic (exact) mass is 337 g/mol. The molecule has 0 aromatic carbocycles. The predicted octanol–water partition coefficient (Wildman–Crippen LogP) is -1.50. The van der Waals surface area contributed by atoms with Gasteiger partial charge in [0.15, 0.2) is 11.2 Å². The van der Waals surface area contributed by atoms with E-state index in [2.05, 4.69) is 15.0 Å². The third kappa shape index (κ3) is 3.36. The normalized spacial score (nSPS) is 10.8. The molecule has 2 aromatic heterocycles. The van der Waals surface area contributed by atoms with Crippen LogP contribution in [0.2, 0.25) is 0 Å². The van der Waals surface area contributed by atoms with E-state index < -0.39 is 17.2 Å². The van der Waals surface area contributed by atoms with Crippen molar-refractivity contribution in [1.29, 1.82) is 0 Å². The van der Waals surface area contributed by atoms with Gasteiger partial charge in [0, 0.05) is 33.6 Å². The number of rotatable bonds is 6. The highest BCUT2D eigenvalue weighted by atomic mass is 16.5. The number of carbonyl (C=O) groups excluding carboxylic acids is 2. The summed E-state index contributed by atoms with van der Waals surface area (Å²) in [5.74, 6) is -0.664. The number of hydrogen-bond donors (Lipinski definition) is 1. The minimum absolute atomic E-state index is 0.0961. The molecule has 1 N–H and O–H groups in total. The predicted molar refractivity (Wildman–Crippen MR) is 84.5 cm³/mol. The molecule has 0 spiro atoms. The molecule has 0 saturated heterocycles. The fourth-order valence-corrected chi connectivity index (χ4v) is 2.28. The Morgan fingerprint density at radius 1 is 1.21 bits per heavy atom. The minimum atomic E-state index is -0.461. The molecule has 0 unspecified atom stereocenters. The molecule has 0 atom stereocenters. The maximum absolute atomic E-state index is 12.2.